The summed E-state index contributed by atoms with van der Waals surface area (Å²) in [5.74, 6) is -0.542. The first-order valence-corrected chi connectivity index (χ1v) is 12.4. The number of amides is 2. The van der Waals surface area contributed by atoms with Crippen molar-refractivity contribution in [3.8, 4) is 0 Å². The van der Waals surface area contributed by atoms with Crippen LogP contribution in [0, 0.1) is 0 Å². The third-order valence-corrected chi connectivity index (χ3v) is 7.97. The lowest BCUT2D eigenvalue weighted by Crippen LogP contribution is -2.32. The van der Waals surface area contributed by atoms with E-state index in [1.165, 1.54) is 29.4 Å². The first-order chi connectivity index (χ1) is 15.2. The minimum Gasteiger partial charge on any atom is -0.342 e. The second-order valence-electron chi connectivity index (χ2n) is 7.95. The van der Waals surface area contributed by atoms with Crippen molar-refractivity contribution in [1.82, 2.24) is 9.21 Å². The van der Waals surface area contributed by atoms with Crippen LogP contribution >= 0.6 is 11.6 Å². The van der Waals surface area contributed by atoms with Crippen LogP contribution in [0.3, 0.4) is 0 Å². The van der Waals surface area contributed by atoms with E-state index in [0.717, 1.165) is 31.2 Å². The Morgan fingerprint density at radius 2 is 1.72 bits per heavy atom. The molecular formula is C23H28ClN3O4S. The fourth-order valence-corrected chi connectivity index (χ4v) is 5.62. The van der Waals surface area contributed by atoms with E-state index >= 15 is 0 Å². The molecule has 0 unspecified atom stereocenters. The van der Waals surface area contributed by atoms with E-state index in [2.05, 4.69) is 5.32 Å². The van der Waals surface area contributed by atoms with Crippen LogP contribution in [-0.4, -0.2) is 49.6 Å². The third-order valence-electron chi connectivity index (χ3n) is 5.59. The Bertz CT molecular complexity index is 1100. The maximum absolute atomic E-state index is 13.2. The zero-order valence-electron chi connectivity index (χ0n) is 18.3. The number of sulfonamides is 1. The number of hydrogen-bond acceptors (Lipinski definition) is 4. The number of carbonyl (C=O) groups is 2. The van der Waals surface area contributed by atoms with Crippen LogP contribution in [0.1, 0.15) is 48.5 Å². The molecule has 172 valence electrons. The number of halogens is 1. The molecule has 2 aromatic carbocycles. The van der Waals surface area contributed by atoms with Crippen molar-refractivity contribution < 1.29 is 18.0 Å². The summed E-state index contributed by atoms with van der Waals surface area (Å²) in [6.07, 6.45) is 3.62. The third kappa shape index (κ3) is 5.68. The van der Waals surface area contributed by atoms with Gasteiger partial charge in [0, 0.05) is 44.9 Å². The van der Waals surface area contributed by atoms with Gasteiger partial charge in [-0.05, 0) is 42.7 Å². The minimum atomic E-state index is -3.80. The Kier molecular flexibility index (Phi) is 7.92. The van der Waals surface area contributed by atoms with Gasteiger partial charge in [0.15, 0.2) is 0 Å². The molecule has 0 spiro atoms. The SMILES string of the molecule is CC(=O)N(C)Cc1ccccc1NC(=O)c1ccc(Cl)c(S(=O)(=O)N2CCCCCC2)c1. The van der Waals surface area contributed by atoms with Gasteiger partial charge in [-0.25, -0.2) is 8.42 Å². The smallest absolute Gasteiger partial charge is 0.255 e. The molecule has 0 radical (unpaired) electrons. The number of nitrogens with one attached hydrogen (secondary N) is 1. The fourth-order valence-electron chi connectivity index (χ4n) is 3.60. The predicted molar refractivity (Wildman–Crippen MR) is 125 cm³/mol. The molecule has 1 aliphatic rings. The van der Waals surface area contributed by atoms with E-state index in [4.69, 9.17) is 11.6 Å². The van der Waals surface area contributed by atoms with Gasteiger partial charge in [-0.15, -0.1) is 0 Å². The number of para-hydroxylation sites is 1. The van der Waals surface area contributed by atoms with Gasteiger partial charge < -0.3 is 10.2 Å². The zero-order chi connectivity index (χ0) is 23.3. The molecule has 0 atom stereocenters. The summed E-state index contributed by atoms with van der Waals surface area (Å²) < 4.78 is 27.9. The maximum Gasteiger partial charge on any atom is 0.255 e. The average molecular weight is 478 g/mol. The first-order valence-electron chi connectivity index (χ1n) is 10.6. The molecule has 2 aromatic rings. The van der Waals surface area contributed by atoms with E-state index in [1.807, 2.05) is 12.1 Å². The van der Waals surface area contributed by atoms with Crippen molar-refractivity contribution in [2.24, 2.45) is 0 Å². The average Bonchev–Trinajstić information content (AvgIpc) is 3.05. The highest BCUT2D eigenvalue weighted by atomic mass is 35.5. The summed E-state index contributed by atoms with van der Waals surface area (Å²) >= 11 is 6.24. The monoisotopic (exact) mass is 477 g/mol. The summed E-state index contributed by atoms with van der Waals surface area (Å²) in [5.41, 5.74) is 1.51. The highest BCUT2D eigenvalue weighted by Gasteiger charge is 2.28. The van der Waals surface area contributed by atoms with Crippen LogP contribution in [0.15, 0.2) is 47.4 Å². The zero-order valence-corrected chi connectivity index (χ0v) is 19.9. The molecule has 1 saturated heterocycles. The highest BCUT2D eigenvalue weighted by molar-refractivity contribution is 7.89. The summed E-state index contributed by atoms with van der Waals surface area (Å²) in [4.78, 5) is 26.0. The van der Waals surface area contributed by atoms with Gasteiger partial charge in [-0.3, -0.25) is 9.59 Å². The van der Waals surface area contributed by atoms with Gasteiger partial charge in [0.05, 0.1) is 5.02 Å². The van der Waals surface area contributed by atoms with Crippen LogP contribution in [-0.2, 0) is 21.4 Å². The number of rotatable bonds is 6. The number of anilines is 1. The van der Waals surface area contributed by atoms with Crippen molar-refractivity contribution in [1.29, 1.82) is 0 Å². The second kappa shape index (κ2) is 10.5. The fraction of sp³-hybridized carbons (Fsp3) is 0.391. The number of hydrogen-bond donors (Lipinski definition) is 1. The first kappa shape index (κ1) is 24.2. The molecule has 9 heteroatoms. The van der Waals surface area contributed by atoms with Gasteiger partial charge >= 0.3 is 0 Å². The van der Waals surface area contributed by atoms with Crippen LogP contribution < -0.4 is 5.32 Å². The Morgan fingerprint density at radius 3 is 2.38 bits per heavy atom. The molecule has 7 nitrogen and oxygen atoms in total. The van der Waals surface area contributed by atoms with Crippen LogP contribution in [0.2, 0.25) is 5.02 Å². The van der Waals surface area contributed by atoms with E-state index < -0.39 is 15.9 Å². The molecule has 0 saturated carbocycles. The molecule has 2 amide bonds. The van der Waals surface area contributed by atoms with Gasteiger partial charge in [-0.2, -0.15) is 4.31 Å². The standard InChI is InChI=1S/C23H28ClN3O4S/c1-17(28)26(2)16-19-9-5-6-10-21(19)25-23(29)18-11-12-20(24)22(15-18)32(30,31)27-13-7-3-4-8-14-27/h5-6,9-12,15H,3-4,7-8,13-14,16H2,1-2H3,(H,25,29). The quantitative estimate of drug-likeness (QED) is 0.677. The van der Waals surface area contributed by atoms with Crippen molar-refractivity contribution in [2.75, 3.05) is 25.5 Å². The normalized spacial score (nSPS) is 15.1. The number of carbonyl (C=O) groups excluding carboxylic acids is 2. The van der Waals surface area contributed by atoms with Crippen molar-refractivity contribution in [2.45, 2.75) is 44.0 Å². The molecule has 0 aliphatic carbocycles. The Morgan fingerprint density at radius 1 is 1.06 bits per heavy atom. The predicted octanol–water partition coefficient (Wildman–Crippen LogP) is 4.14. The molecule has 1 fully saturated rings. The molecule has 3 rings (SSSR count). The summed E-state index contributed by atoms with van der Waals surface area (Å²) in [7, 11) is -2.12. The topological polar surface area (TPSA) is 86.8 Å². The van der Waals surface area contributed by atoms with E-state index in [1.54, 1.807) is 24.1 Å². The molecule has 32 heavy (non-hydrogen) atoms. The van der Waals surface area contributed by atoms with Gasteiger partial charge in [0.25, 0.3) is 5.91 Å². The molecule has 0 aromatic heterocycles. The molecule has 1 heterocycles. The van der Waals surface area contributed by atoms with E-state index in [9.17, 15) is 18.0 Å². The van der Waals surface area contributed by atoms with E-state index in [-0.39, 0.29) is 21.4 Å². The summed E-state index contributed by atoms with van der Waals surface area (Å²) in [6.45, 7) is 2.71. The van der Waals surface area contributed by atoms with Crippen molar-refractivity contribution >= 4 is 39.1 Å². The highest BCUT2D eigenvalue weighted by Crippen LogP contribution is 2.28. The number of nitrogens with zero attached hydrogens (tertiary/aromatic N) is 2. The lowest BCUT2D eigenvalue weighted by molar-refractivity contribution is -0.128. The Balaban J connectivity index is 1.86. The Labute approximate surface area is 194 Å². The lowest BCUT2D eigenvalue weighted by atomic mass is 10.1. The largest absolute Gasteiger partial charge is 0.342 e. The van der Waals surface area contributed by atoms with Crippen LogP contribution in [0.5, 0.6) is 0 Å². The van der Waals surface area contributed by atoms with Crippen molar-refractivity contribution in [3.63, 3.8) is 0 Å². The number of benzene rings is 2. The minimum absolute atomic E-state index is 0.0571. The lowest BCUT2D eigenvalue weighted by Gasteiger charge is -2.21. The Hall–Kier alpha value is -2.42. The molecule has 1 aliphatic heterocycles. The second-order valence-corrected chi connectivity index (χ2v) is 10.3. The van der Waals surface area contributed by atoms with Crippen molar-refractivity contribution in [3.05, 3.63) is 58.6 Å². The van der Waals surface area contributed by atoms with E-state index in [0.29, 0.717) is 25.3 Å². The van der Waals surface area contributed by atoms with Crippen LogP contribution in [0.25, 0.3) is 0 Å². The maximum atomic E-state index is 13.2. The summed E-state index contributed by atoms with van der Waals surface area (Å²) in [6, 6.07) is 11.5. The summed E-state index contributed by atoms with van der Waals surface area (Å²) in [5, 5.41) is 2.92. The molecular weight excluding hydrogens is 450 g/mol. The van der Waals surface area contributed by atoms with Gasteiger partial charge in [-0.1, -0.05) is 42.6 Å². The molecule has 1 N–H and O–H groups in total. The van der Waals surface area contributed by atoms with Crippen LogP contribution in [0.4, 0.5) is 5.69 Å². The molecule has 0 bridgehead atoms. The van der Waals surface area contributed by atoms with Gasteiger partial charge in [0.1, 0.15) is 4.90 Å². The van der Waals surface area contributed by atoms with Gasteiger partial charge in [0.2, 0.25) is 15.9 Å².